The molecule has 0 fully saturated rings. The summed E-state index contributed by atoms with van der Waals surface area (Å²) in [5, 5.41) is 5.41. The van der Waals surface area contributed by atoms with E-state index in [0.29, 0.717) is 35.5 Å². The third-order valence-corrected chi connectivity index (χ3v) is 9.84. The Morgan fingerprint density at radius 1 is 1.20 bits per heavy atom. The highest BCUT2D eigenvalue weighted by atomic mass is 31.2. The number of primary amides is 1. The Morgan fingerprint density at radius 2 is 1.83 bits per heavy atom. The van der Waals surface area contributed by atoms with Gasteiger partial charge < -0.3 is 30.6 Å². The van der Waals surface area contributed by atoms with Gasteiger partial charge in [0.2, 0.25) is 0 Å². The third-order valence-electron chi connectivity index (χ3n) is 5.96. The Kier molecular flexibility index (Phi) is 7.49. The highest BCUT2D eigenvalue weighted by molar-refractivity contribution is 7.70. The molecule has 0 saturated carbocycles. The molecule has 7 N–H and O–H groups in total. The molecule has 1 aromatic carbocycles. The number of nitrogens with two attached hydrogens (primary N) is 1. The van der Waals surface area contributed by atoms with Gasteiger partial charge in [0.15, 0.2) is 11.2 Å². The maximum absolute atomic E-state index is 12.7. The fraction of sp³-hybridized carbons (Fsp3) is 0.476. The van der Waals surface area contributed by atoms with Gasteiger partial charge in [-0.25, -0.2) is 4.68 Å². The van der Waals surface area contributed by atoms with Crippen molar-refractivity contribution in [3.05, 3.63) is 40.7 Å². The van der Waals surface area contributed by atoms with Gasteiger partial charge in [-0.15, -0.1) is 0 Å². The normalized spacial score (nSPS) is 15.8. The zero-order valence-electron chi connectivity index (χ0n) is 19.6. The molecule has 0 unspecified atom stereocenters. The summed E-state index contributed by atoms with van der Waals surface area (Å²) in [7, 11) is -10.0. The van der Waals surface area contributed by atoms with Gasteiger partial charge in [0.1, 0.15) is 0 Å². The van der Waals surface area contributed by atoms with Crippen molar-refractivity contribution in [2.75, 3.05) is 11.9 Å². The van der Waals surface area contributed by atoms with E-state index in [0.717, 1.165) is 5.69 Å². The van der Waals surface area contributed by atoms with Gasteiger partial charge in [-0.1, -0.05) is 13.8 Å². The predicted octanol–water partition coefficient (Wildman–Crippen LogP) is 2.31. The second-order valence-electron chi connectivity index (χ2n) is 9.58. The Balaban J connectivity index is 1.88. The topological polar surface area (TPSA) is 205 Å². The highest BCUT2D eigenvalue weighted by Crippen LogP contribution is 2.61. The van der Waals surface area contributed by atoms with E-state index in [1.165, 1.54) is 6.07 Å². The van der Waals surface area contributed by atoms with Crippen LogP contribution in [0.15, 0.2) is 18.2 Å². The lowest BCUT2D eigenvalue weighted by Gasteiger charge is -2.29. The maximum atomic E-state index is 12.7. The third kappa shape index (κ3) is 6.09. The number of hydrogen-bond acceptors (Lipinski definition) is 6. The molecule has 1 heterocycles. The minimum atomic E-state index is -5.01. The van der Waals surface area contributed by atoms with Crippen LogP contribution in [0.4, 0.5) is 5.69 Å². The molecular formula is C21H30N4O8P2. The second-order valence-corrected chi connectivity index (χ2v) is 13.6. The lowest BCUT2D eigenvalue weighted by molar-refractivity contribution is 0.0909. The number of Topliss-reactive ketones (excluding diaryl/α,β-unsaturated/α-hetero) is 1. The molecule has 0 bridgehead atoms. The second kappa shape index (κ2) is 9.61. The van der Waals surface area contributed by atoms with Crippen molar-refractivity contribution in [2.45, 2.75) is 51.9 Å². The van der Waals surface area contributed by atoms with Crippen molar-refractivity contribution < 1.29 is 38.3 Å². The molecule has 1 aromatic heterocycles. The smallest absolute Gasteiger partial charge is 0.340 e. The molecule has 0 atom stereocenters. The van der Waals surface area contributed by atoms with E-state index in [9.17, 15) is 38.3 Å². The van der Waals surface area contributed by atoms with E-state index in [1.807, 2.05) is 13.8 Å². The van der Waals surface area contributed by atoms with Gasteiger partial charge in [-0.05, 0) is 49.8 Å². The van der Waals surface area contributed by atoms with E-state index < -0.39 is 32.9 Å². The number of amides is 1. The SMILES string of the molecule is Cc1nn(-c2ccc(C(N)=O)c(NCCCC(P(=O)(O)O)P(=O)(O)O)c2)c2c1C(=O)CC(C)(C)C2. The summed E-state index contributed by atoms with van der Waals surface area (Å²) in [5.74, 6) is -0.686. The Bertz CT molecular complexity index is 1240. The molecule has 35 heavy (non-hydrogen) atoms. The van der Waals surface area contributed by atoms with E-state index in [4.69, 9.17) is 5.73 Å². The van der Waals surface area contributed by atoms with Crippen LogP contribution in [0.1, 0.15) is 65.2 Å². The van der Waals surface area contributed by atoms with Crippen LogP contribution in [0.5, 0.6) is 0 Å². The van der Waals surface area contributed by atoms with Crippen LogP contribution >= 0.6 is 15.2 Å². The summed E-state index contributed by atoms with van der Waals surface area (Å²) in [6.07, 6.45) is 0.615. The molecule has 1 amide bonds. The van der Waals surface area contributed by atoms with Gasteiger partial charge >= 0.3 is 15.2 Å². The van der Waals surface area contributed by atoms with Crippen LogP contribution in [0.3, 0.4) is 0 Å². The zero-order chi connectivity index (χ0) is 26.3. The Labute approximate surface area is 202 Å². The number of benzene rings is 1. The number of ketones is 1. The summed E-state index contributed by atoms with van der Waals surface area (Å²) in [5.41, 5.74) is 8.28. The molecule has 192 valence electrons. The highest BCUT2D eigenvalue weighted by Gasteiger charge is 2.42. The van der Waals surface area contributed by atoms with E-state index >= 15 is 0 Å². The number of anilines is 1. The van der Waals surface area contributed by atoms with Gasteiger partial charge in [0.05, 0.1) is 28.2 Å². The summed E-state index contributed by atoms with van der Waals surface area (Å²) in [6, 6.07) is 4.79. The maximum Gasteiger partial charge on any atom is 0.340 e. The number of carbonyl (C=O) groups is 2. The number of carbonyl (C=O) groups excluding carboxylic acids is 2. The fourth-order valence-corrected chi connectivity index (χ4v) is 7.02. The first-order chi connectivity index (χ1) is 16.0. The Morgan fingerprint density at radius 3 is 2.40 bits per heavy atom. The molecule has 1 aliphatic carbocycles. The largest absolute Gasteiger partial charge is 0.384 e. The molecule has 12 nitrogen and oxygen atoms in total. The first-order valence-electron chi connectivity index (χ1n) is 10.9. The van der Waals surface area contributed by atoms with Crippen molar-refractivity contribution >= 4 is 32.6 Å². The molecule has 0 saturated heterocycles. The molecule has 0 aliphatic heterocycles. The average Bonchev–Trinajstić information content (AvgIpc) is 3.00. The number of fused-ring (bicyclic) bond motifs is 1. The number of aryl methyl sites for hydroxylation is 1. The van der Waals surface area contributed by atoms with Crippen molar-refractivity contribution in [3.63, 3.8) is 0 Å². The van der Waals surface area contributed by atoms with Crippen molar-refractivity contribution in [1.82, 2.24) is 9.78 Å². The average molecular weight is 528 g/mol. The van der Waals surface area contributed by atoms with Crippen molar-refractivity contribution in [1.29, 1.82) is 0 Å². The van der Waals surface area contributed by atoms with E-state index in [1.54, 1.807) is 23.7 Å². The van der Waals surface area contributed by atoms with Crippen LogP contribution in [0.25, 0.3) is 5.69 Å². The number of nitrogens with zero attached hydrogens (tertiary/aromatic N) is 2. The fourth-order valence-electron chi connectivity index (χ4n) is 4.42. The zero-order valence-corrected chi connectivity index (χ0v) is 21.4. The standard InChI is InChI=1S/C21H30N4O8P2/c1-12-19-16(10-21(2,3)11-17(19)26)25(24-12)13-6-7-14(20(22)27)15(9-13)23-8-4-5-18(34(28,29)30)35(31,32)33/h6-7,9,18,23H,4-5,8,10-11H2,1-3H3,(H2,22,27)(H2,28,29,30)(H2,31,32,33). The molecular weight excluding hydrogens is 498 g/mol. The first kappa shape index (κ1) is 27.3. The van der Waals surface area contributed by atoms with Gasteiger partial charge in [-0.3, -0.25) is 18.7 Å². The van der Waals surface area contributed by atoms with Crippen LogP contribution in [-0.2, 0) is 15.6 Å². The minimum Gasteiger partial charge on any atom is -0.384 e. The van der Waals surface area contributed by atoms with Gasteiger partial charge in [0.25, 0.3) is 5.91 Å². The number of rotatable bonds is 9. The summed E-state index contributed by atoms with van der Waals surface area (Å²) in [6.45, 7) is 5.83. The van der Waals surface area contributed by atoms with Crippen LogP contribution < -0.4 is 11.1 Å². The summed E-state index contributed by atoms with van der Waals surface area (Å²) >= 11 is 0. The van der Waals surface area contributed by atoms with Crippen LogP contribution in [0.2, 0.25) is 0 Å². The van der Waals surface area contributed by atoms with Crippen molar-refractivity contribution in [2.24, 2.45) is 11.1 Å². The summed E-state index contributed by atoms with van der Waals surface area (Å²) in [4.78, 5) is 61.7. The molecule has 0 radical (unpaired) electrons. The monoisotopic (exact) mass is 528 g/mol. The van der Waals surface area contributed by atoms with Crippen LogP contribution in [-0.4, -0.2) is 53.0 Å². The minimum absolute atomic E-state index is 0.00227. The Hall–Kier alpha value is -2.33. The van der Waals surface area contributed by atoms with E-state index in [2.05, 4.69) is 10.4 Å². The van der Waals surface area contributed by atoms with E-state index in [-0.39, 0.29) is 29.7 Å². The molecule has 3 rings (SSSR count). The first-order valence-corrected chi connectivity index (χ1v) is 14.3. The molecule has 14 heteroatoms. The quantitative estimate of drug-likeness (QED) is 0.207. The lowest BCUT2D eigenvalue weighted by atomic mass is 9.75. The number of nitrogens with one attached hydrogen (secondary N) is 1. The molecule has 1 aliphatic rings. The van der Waals surface area contributed by atoms with Gasteiger partial charge in [-0.2, -0.15) is 5.10 Å². The predicted molar refractivity (Wildman–Crippen MR) is 129 cm³/mol. The number of aromatic nitrogens is 2. The van der Waals surface area contributed by atoms with Crippen molar-refractivity contribution in [3.8, 4) is 5.69 Å². The molecule has 0 spiro atoms. The lowest BCUT2D eigenvalue weighted by Crippen LogP contribution is -2.28. The van der Waals surface area contributed by atoms with Gasteiger partial charge in [0, 0.05) is 18.7 Å². The summed E-state index contributed by atoms with van der Waals surface area (Å²) < 4.78 is 24.6. The molecule has 2 aromatic rings. The number of hydrogen-bond donors (Lipinski definition) is 6. The van der Waals surface area contributed by atoms with Crippen LogP contribution in [0, 0.1) is 12.3 Å².